The molecule has 0 saturated heterocycles. The van der Waals surface area contributed by atoms with Gasteiger partial charge in [0.1, 0.15) is 4.90 Å². The molecule has 0 amide bonds. The Balaban J connectivity index is 2.34. The van der Waals surface area contributed by atoms with Crippen molar-refractivity contribution in [1.82, 2.24) is 9.29 Å². The lowest BCUT2D eigenvalue weighted by atomic mass is 10.2. The number of hydrogen-bond acceptors (Lipinski definition) is 5. The molecule has 2 rings (SSSR count). The molecule has 112 valence electrons. The predicted octanol–water partition coefficient (Wildman–Crippen LogP) is 1.83. The maximum absolute atomic E-state index is 12.7. The van der Waals surface area contributed by atoms with Gasteiger partial charge in [-0.3, -0.25) is 0 Å². The van der Waals surface area contributed by atoms with E-state index in [0.29, 0.717) is 6.54 Å². The van der Waals surface area contributed by atoms with Gasteiger partial charge in [-0.25, -0.2) is 19.2 Å². The molecule has 1 aromatic rings. The van der Waals surface area contributed by atoms with Gasteiger partial charge in [-0.05, 0) is 24.8 Å². The average Bonchev–Trinajstić information content (AvgIpc) is 3.19. The highest BCUT2D eigenvalue weighted by molar-refractivity contribution is 7.89. The van der Waals surface area contributed by atoms with Crippen LogP contribution in [0, 0.1) is 5.92 Å². The number of pyridine rings is 1. The number of nitrogen functional groups attached to an aromatic ring is 1. The molecule has 0 aromatic carbocycles. The lowest BCUT2D eigenvalue weighted by Crippen LogP contribution is -2.36. The average molecular weight is 319 g/mol. The summed E-state index contributed by atoms with van der Waals surface area (Å²) in [5, 5.41) is 0.189. The molecule has 3 N–H and O–H groups in total. The summed E-state index contributed by atoms with van der Waals surface area (Å²) >= 11 is 5.95. The summed E-state index contributed by atoms with van der Waals surface area (Å²) in [4.78, 5) is 4.04. The van der Waals surface area contributed by atoms with Crippen LogP contribution in [0.1, 0.15) is 26.7 Å². The van der Waals surface area contributed by atoms with Gasteiger partial charge in [0.05, 0.1) is 5.02 Å². The fourth-order valence-electron chi connectivity index (χ4n) is 1.97. The summed E-state index contributed by atoms with van der Waals surface area (Å²) in [6, 6.07) is 1.49. The van der Waals surface area contributed by atoms with Crippen molar-refractivity contribution in [3.63, 3.8) is 0 Å². The third-order valence-corrected chi connectivity index (χ3v) is 5.23. The first-order chi connectivity index (χ1) is 9.36. The van der Waals surface area contributed by atoms with Crippen LogP contribution >= 0.6 is 11.6 Å². The summed E-state index contributed by atoms with van der Waals surface area (Å²) < 4.78 is 26.9. The van der Waals surface area contributed by atoms with Crippen LogP contribution in [0.2, 0.25) is 5.02 Å². The van der Waals surface area contributed by atoms with Crippen LogP contribution in [-0.2, 0) is 10.0 Å². The minimum absolute atomic E-state index is 0.105. The number of hydrogen-bond donors (Lipinski definition) is 2. The highest BCUT2D eigenvalue weighted by Crippen LogP contribution is 2.33. The number of nitrogens with one attached hydrogen (secondary N) is 1. The number of hydrazine groups is 1. The van der Waals surface area contributed by atoms with Crippen molar-refractivity contribution in [2.75, 3.05) is 12.0 Å². The van der Waals surface area contributed by atoms with Crippen molar-refractivity contribution in [2.24, 2.45) is 11.8 Å². The number of aromatic nitrogens is 1. The van der Waals surface area contributed by atoms with Gasteiger partial charge < -0.3 is 5.43 Å². The zero-order valence-electron chi connectivity index (χ0n) is 11.5. The molecule has 0 aliphatic heterocycles. The van der Waals surface area contributed by atoms with E-state index < -0.39 is 10.0 Å². The Morgan fingerprint density at radius 3 is 2.65 bits per heavy atom. The summed E-state index contributed by atoms with van der Waals surface area (Å²) in [7, 11) is -3.56. The van der Waals surface area contributed by atoms with Crippen LogP contribution in [0.5, 0.6) is 0 Å². The molecule has 1 saturated carbocycles. The van der Waals surface area contributed by atoms with E-state index >= 15 is 0 Å². The zero-order valence-corrected chi connectivity index (χ0v) is 13.1. The molecule has 6 nitrogen and oxygen atoms in total. The van der Waals surface area contributed by atoms with Crippen LogP contribution in [0.25, 0.3) is 0 Å². The molecule has 1 fully saturated rings. The molecule has 8 heteroatoms. The van der Waals surface area contributed by atoms with E-state index in [9.17, 15) is 8.42 Å². The van der Waals surface area contributed by atoms with E-state index in [0.717, 1.165) is 12.8 Å². The Kier molecular flexibility index (Phi) is 4.53. The maximum atomic E-state index is 12.7. The fraction of sp³-hybridized carbons (Fsp3) is 0.583. The summed E-state index contributed by atoms with van der Waals surface area (Å²) in [6.07, 6.45) is 3.11. The van der Waals surface area contributed by atoms with Crippen LogP contribution < -0.4 is 11.3 Å². The number of nitrogens with zero attached hydrogens (tertiary/aromatic N) is 2. The molecule has 1 aliphatic carbocycles. The summed E-state index contributed by atoms with van der Waals surface area (Å²) in [5.74, 6) is 5.76. The Morgan fingerprint density at radius 2 is 2.20 bits per heavy atom. The third kappa shape index (κ3) is 3.22. The molecule has 1 heterocycles. The maximum Gasteiger partial charge on any atom is 0.244 e. The van der Waals surface area contributed by atoms with Crippen molar-refractivity contribution in [3.05, 3.63) is 17.3 Å². The number of sulfonamides is 1. The van der Waals surface area contributed by atoms with Crippen LogP contribution in [0.3, 0.4) is 0 Å². The van der Waals surface area contributed by atoms with Crippen LogP contribution in [-0.4, -0.2) is 30.3 Å². The SMILES string of the molecule is CC(C)CN(C1CC1)S(=O)(=O)c1cnc(NN)c(Cl)c1. The van der Waals surface area contributed by atoms with Gasteiger partial charge in [0.2, 0.25) is 10.0 Å². The second kappa shape index (κ2) is 5.85. The number of rotatable bonds is 6. The zero-order chi connectivity index (χ0) is 14.9. The van der Waals surface area contributed by atoms with Crippen molar-refractivity contribution in [3.8, 4) is 0 Å². The monoisotopic (exact) mass is 318 g/mol. The van der Waals surface area contributed by atoms with E-state index in [1.807, 2.05) is 13.8 Å². The Bertz CT molecular complexity index is 587. The molecule has 20 heavy (non-hydrogen) atoms. The Hall–Kier alpha value is -0.890. The molecule has 0 unspecified atom stereocenters. The lowest BCUT2D eigenvalue weighted by molar-refractivity contribution is 0.360. The summed E-state index contributed by atoms with van der Waals surface area (Å²) in [5.41, 5.74) is 2.32. The number of nitrogens with two attached hydrogens (primary N) is 1. The second-order valence-corrected chi connectivity index (χ2v) is 7.64. The quantitative estimate of drug-likeness (QED) is 0.617. The van der Waals surface area contributed by atoms with E-state index in [1.54, 1.807) is 4.31 Å². The van der Waals surface area contributed by atoms with Gasteiger partial charge in [-0.2, -0.15) is 4.31 Å². The van der Waals surface area contributed by atoms with Crippen molar-refractivity contribution in [1.29, 1.82) is 0 Å². The van der Waals surface area contributed by atoms with Gasteiger partial charge >= 0.3 is 0 Å². The smallest absolute Gasteiger partial charge is 0.244 e. The van der Waals surface area contributed by atoms with E-state index in [2.05, 4.69) is 10.4 Å². The molecule has 1 aliphatic rings. The van der Waals surface area contributed by atoms with Crippen LogP contribution in [0.4, 0.5) is 5.82 Å². The largest absolute Gasteiger partial charge is 0.307 e. The number of anilines is 1. The van der Waals surface area contributed by atoms with Gasteiger partial charge in [0, 0.05) is 18.8 Å². The van der Waals surface area contributed by atoms with Gasteiger partial charge in [-0.15, -0.1) is 0 Å². The molecule has 0 bridgehead atoms. The first-order valence-electron chi connectivity index (χ1n) is 6.50. The first kappa shape index (κ1) is 15.5. The lowest BCUT2D eigenvalue weighted by Gasteiger charge is -2.23. The standard InChI is InChI=1S/C12H19ClN4O2S/c1-8(2)7-17(9-3-4-9)20(18,19)10-5-11(13)12(16-14)15-6-10/h5-6,8-9H,3-4,7,14H2,1-2H3,(H,15,16). The van der Waals surface area contributed by atoms with Crippen LogP contribution in [0.15, 0.2) is 17.2 Å². The minimum atomic E-state index is -3.56. The molecular weight excluding hydrogens is 300 g/mol. The number of halogens is 1. The first-order valence-corrected chi connectivity index (χ1v) is 8.32. The molecule has 1 aromatic heterocycles. The van der Waals surface area contributed by atoms with Crippen molar-refractivity contribution in [2.45, 2.75) is 37.6 Å². The van der Waals surface area contributed by atoms with E-state index in [-0.39, 0.29) is 27.7 Å². The van der Waals surface area contributed by atoms with E-state index in [4.69, 9.17) is 17.4 Å². The molecule has 0 atom stereocenters. The van der Waals surface area contributed by atoms with Gasteiger partial charge in [0.15, 0.2) is 5.82 Å². The third-order valence-electron chi connectivity index (χ3n) is 3.06. The second-order valence-electron chi connectivity index (χ2n) is 5.35. The van der Waals surface area contributed by atoms with Crippen molar-refractivity contribution >= 4 is 27.4 Å². The van der Waals surface area contributed by atoms with Gasteiger partial charge in [0.25, 0.3) is 0 Å². The highest BCUT2D eigenvalue weighted by Gasteiger charge is 2.38. The molecule has 0 radical (unpaired) electrons. The minimum Gasteiger partial charge on any atom is -0.307 e. The fourth-order valence-corrected chi connectivity index (χ4v) is 4.08. The molecular formula is C12H19ClN4O2S. The Labute approximate surface area is 124 Å². The van der Waals surface area contributed by atoms with E-state index in [1.165, 1.54) is 12.3 Å². The molecule has 0 spiro atoms. The van der Waals surface area contributed by atoms with Crippen molar-refractivity contribution < 1.29 is 8.42 Å². The highest BCUT2D eigenvalue weighted by atomic mass is 35.5. The Morgan fingerprint density at radius 1 is 1.55 bits per heavy atom. The topological polar surface area (TPSA) is 88.3 Å². The summed E-state index contributed by atoms with van der Waals surface area (Å²) in [6.45, 7) is 4.50. The normalized spacial score (nSPS) is 15.9. The predicted molar refractivity (Wildman–Crippen MR) is 78.8 cm³/mol. The van der Waals surface area contributed by atoms with Gasteiger partial charge in [-0.1, -0.05) is 25.4 Å².